The van der Waals surface area contributed by atoms with Crippen LogP contribution in [0, 0.1) is 0 Å². The topological polar surface area (TPSA) is 37.3 Å². The summed E-state index contributed by atoms with van der Waals surface area (Å²) in [6.45, 7) is 0. The van der Waals surface area contributed by atoms with E-state index in [2.05, 4.69) is 12.1 Å². The van der Waals surface area contributed by atoms with Crippen LogP contribution in [0.4, 0.5) is 0 Å². The highest BCUT2D eigenvalue weighted by Gasteiger charge is 2.07. The number of hydrogen-bond donors (Lipinski definition) is 1. The summed E-state index contributed by atoms with van der Waals surface area (Å²) in [5.74, 6) is 0.357. The number of aromatic hydroxyl groups is 1. The van der Waals surface area contributed by atoms with Gasteiger partial charge in [-0.25, -0.2) is 0 Å². The van der Waals surface area contributed by atoms with Gasteiger partial charge in [0.05, 0.1) is 0 Å². The second kappa shape index (κ2) is 6.93. The zero-order chi connectivity index (χ0) is 16.1. The van der Waals surface area contributed by atoms with E-state index >= 15 is 0 Å². The van der Waals surface area contributed by atoms with Gasteiger partial charge in [-0.3, -0.25) is 4.79 Å². The lowest BCUT2D eigenvalue weighted by atomic mass is 9.99. The van der Waals surface area contributed by atoms with E-state index in [1.165, 1.54) is 0 Å². The summed E-state index contributed by atoms with van der Waals surface area (Å²) in [6, 6.07) is 24.9. The van der Waals surface area contributed by atoms with Crippen molar-refractivity contribution >= 4 is 5.78 Å². The van der Waals surface area contributed by atoms with Crippen molar-refractivity contribution in [3.8, 4) is 16.9 Å². The van der Waals surface area contributed by atoms with Crippen LogP contribution >= 0.6 is 0 Å². The van der Waals surface area contributed by atoms with Crippen LogP contribution in [0.5, 0.6) is 5.75 Å². The molecule has 114 valence electrons. The Morgan fingerprint density at radius 3 is 2.17 bits per heavy atom. The Labute approximate surface area is 136 Å². The Hall–Kier alpha value is -2.87. The van der Waals surface area contributed by atoms with E-state index in [9.17, 15) is 9.90 Å². The fourth-order valence-electron chi connectivity index (χ4n) is 2.59. The van der Waals surface area contributed by atoms with E-state index in [1.807, 2.05) is 48.5 Å². The number of phenolic OH excluding ortho intramolecular Hbond substituents is 1. The van der Waals surface area contributed by atoms with Gasteiger partial charge in [-0.05, 0) is 35.2 Å². The van der Waals surface area contributed by atoms with Gasteiger partial charge in [-0.15, -0.1) is 0 Å². The molecule has 0 heterocycles. The smallest absolute Gasteiger partial charge is 0.163 e. The molecule has 0 spiro atoms. The van der Waals surface area contributed by atoms with Crippen LogP contribution in [0.3, 0.4) is 0 Å². The van der Waals surface area contributed by atoms with Crippen LogP contribution < -0.4 is 0 Å². The molecule has 0 aliphatic heterocycles. The molecule has 1 N–H and O–H groups in total. The van der Waals surface area contributed by atoms with E-state index < -0.39 is 0 Å². The number of hydrogen-bond acceptors (Lipinski definition) is 2. The Morgan fingerprint density at radius 2 is 1.48 bits per heavy atom. The number of benzene rings is 3. The number of ketones is 1. The van der Waals surface area contributed by atoms with Gasteiger partial charge >= 0.3 is 0 Å². The van der Waals surface area contributed by atoms with Crippen LogP contribution in [0.15, 0.2) is 78.9 Å². The summed E-state index contributed by atoms with van der Waals surface area (Å²) in [4.78, 5) is 12.3. The first-order chi connectivity index (χ1) is 11.2. The predicted octanol–water partition coefficient (Wildman–Crippen LogP) is 4.87. The summed E-state index contributed by atoms with van der Waals surface area (Å²) in [7, 11) is 0. The van der Waals surface area contributed by atoms with Crippen molar-refractivity contribution in [1.29, 1.82) is 0 Å². The molecule has 0 saturated carbocycles. The zero-order valence-electron chi connectivity index (χ0n) is 12.8. The lowest BCUT2D eigenvalue weighted by Crippen LogP contribution is -2.01. The molecule has 0 bridgehead atoms. The van der Waals surface area contributed by atoms with Gasteiger partial charge < -0.3 is 5.11 Å². The highest BCUT2D eigenvalue weighted by atomic mass is 16.3. The third-order valence-corrected chi connectivity index (χ3v) is 3.87. The molecule has 23 heavy (non-hydrogen) atoms. The Balaban J connectivity index is 1.66. The van der Waals surface area contributed by atoms with Gasteiger partial charge in [-0.1, -0.05) is 66.7 Å². The second-order valence-electron chi connectivity index (χ2n) is 5.54. The number of aryl methyl sites for hydroxylation is 1. The van der Waals surface area contributed by atoms with Gasteiger partial charge in [0.2, 0.25) is 0 Å². The monoisotopic (exact) mass is 302 g/mol. The van der Waals surface area contributed by atoms with Crippen molar-refractivity contribution in [2.45, 2.75) is 12.8 Å². The van der Waals surface area contributed by atoms with Crippen LogP contribution in [0.25, 0.3) is 11.1 Å². The highest BCUT2D eigenvalue weighted by molar-refractivity contribution is 5.96. The number of carbonyl (C=O) groups is 1. The maximum absolute atomic E-state index is 12.3. The summed E-state index contributed by atoms with van der Waals surface area (Å²) in [6.07, 6.45) is 1.07. The van der Waals surface area contributed by atoms with Gasteiger partial charge in [0, 0.05) is 12.0 Å². The fraction of sp³-hybridized carbons (Fsp3) is 0.0952. The maximum atomic E-state index is 12.3. The lowest BCUT2D eigenvalue weighted by molar-refractivity contribution is 0.0983. The van der Waals surface area contributed by atoms with Crippen LogP contribution in [-0.2, 0) is 6.42 Å². The summed E-state index contributed by atoms with van der Waals surface area (Å²) in [5.41, 5.74) is 3.95. The molecular weight excluding hydrogens is 284 g/mol. The van der Waals surface area contributed by atoms with Gasteiger partial charge in [-0.2, -0.15) is 0 Å². The molecule has 0 aliphatic carbocycles. The highest BCUT2D eigenvalue weighted by Crippen LogP contribution is 2.20. The van der Waals surface area contributed by atoms with Gasteiger partial charge in [0.1, 0.15) is 5.75 Å². The van der Waals surface area contributed by atoms with Crippen molar-refractivity contribution in [3.05, 3.63) is 90.0 Å². The SMILES string of the molecule is O=C(CCc1cccc(O)c1)c1ccc(-c2ccccc2)cc1. The molecule has 0 atom stereocenters. The van der Waals surface area contributed by atoms with Gasteiger partial charge in [0.25, 0.3) is 0 Å². The van der Waals surface area contributed by atoms with Crippen LogP contribution in [0.2, 0.25) is 0 Å². The van der Waals surface area contributed by atoms with Crippen molar-refractivity contribution in [3.63, 3.8) is 0 Å². The number of phenols is 1. The van der Waals surface area contributed by atoms with Crippen molar-refractivity contribution in [2.75, 3.05) is 0 Å². The first-order valence-corrected chi connectivity index (χ1v) is 7.69. The number of carbonyl (C=O) groups excluding carboxylic acids is 1. The average Bonchev–Trinajstić information content (AvgIpc) is 2.61. The second-order valence-corrected chi connectivity index (χ2v) is 5.54. The fourth-order valence-corrected chi connectivity index (χ4v) is 2.59. The third kappa shape index (κ3) is 3.86. The van der Waals surface area contributed by atoms with Crippen LogP contribution in [0.1, 0.15) is 22.3 Å². The zero-order valence-corrected chi connectivity index (χ0v) is 12.8. The quantitative estimate of drug-likeness (QED) is 0.682. The van der Waals surface area contributed by atoms with E-state index in [4.69, 9.17) is 0 Å². The Bertz CT molecular complexity index is 790. The van der Waals surface area contributed by atoms with Crippen molar-refractivity contribution in [2.24, 2.45) is 0 Å². The minimum absolute atomic E-state index is 0.118. The average molecular weight is 302 g/mol. The Morgan fingerprint density at radius 1 is 0.783 bits per heavy atom. The van der Waals surface area contributed by atoms with E-state index in [0.29, 0.717) is 12.8 Å². The molecule has 0 radical (unpaired) electrons. The molecule has 0 fully saturated rings. The van der Waals surface area contributed by atoms with E-state index in [0.717, 1.165) is 22.3 Å². The molecule has 0 amide bonds. The first-order valence-electron chi connectivity index (χ1n) is 7.69. The predicted molar refractivity (Wildman–Crippen MR) is 92.6 cm³/mol. The lowest BCUT2D eigenvalue weighted by Gasteiger charge is -2.05. The molecule has 3 aromatic carbocycles. The molecule has 0 unspecified atom stereocenters. The molecular formula is C21H18O2. The number of Topliss-reactive ketones (excluding diaryl/α,β-unsaturated/α-hetero) is 1. The Kier molecular flexibility index (Phi) is 4.53. The largest absolute Gasteiger partial charge is 0.508 e. The maximum Gasteiger partial charge on any atom is 0.163 e. The molecule has 0 aromatic heterocycles. The minimum atomic E-state index is 0.118. The standard InChI is InChI=1S/C21H18O2/c22-20-8-4-5-16(15-20)9-14-21(23)19-12-10-18(11-13-19)17-6-2-1-3-7-17/h1-8,10-13,15,22H,9,14H2. The number of rotatable bonds is 5. The summed E-state index contributed by atoms with van der Waals surface area (Å²) >= 11 is 0. The molecule has 2 heteroatoms. The summed E-state index contributed by atoms with van der Waals surface area (Å²) < 4.78 is 0. The molecule has 0 saturated heterocycles. The van der Waals surface area contributed by atoms with Crippen molar-refractivity contribution < 1.29 is 9.90 Å². The summed E-state index contributed by atoms with van der Waals surface area (Å²) in [5, 5.41) is 9.45. The third-order valence-electron chi connectivity index (χ3n) is 3.87. The van der Waals surface area contributed by atoms with Crippen LogP contribution in [-0.4, -0.2) is 10.9 Å². The van der Waals surface area contributed by atoms with E-state index in [-0.39, 0.29) is 11.5 Å². The normalized spacial score (nSPS) is 10.4. The van der Waals surface area contributed by atoms with Crippen molar-refractivity contribution in [1.82, 2.24) is 0 Å². The minimum Gasteiger partial charge on any atom is -0.508 e. The first kappa shape index (κ1) is 15.0. The molecule has 0 aliphatic rings. The molecule has 3 aromatic rings. The molecule has 2 nitrogen and oxygen atoms in total. The van der Waals surface area contributed by atoms with Gasteiger partial charge in [0.15, 0.2) is 5.78 Å². The van der Waals surface area contributed by atoms with E-state index in [1.54, 1.807) is 18.2 Å². The molecule has 3 rings (SSSR count).